The number of halogens is 1. The fourth-order valence-corrected chi connectivity index (χ4v) is 2.35. The van der Waals surface area contributed by atoms with Gasteiger partial charge in [0.2, 0.25) is 0 Å². The fourth-order valence-electron chi connectivity index (χ4n) is 2.35. The first-order chi connectivity index (χ1) is 12.2. The van der Waals surface area contributed by atoms with Gasteiger partial charge in [0.1, 0.15) is 0 Å². The molecule has 2 heterocycles. The number of aromatic nitrogens is 4. The predicted octanol–water partition coefficient (Wildman–Crippen LogP) is 3.28. The third-order valence-electron chi connectivity index (χ3n) is 3.82. The summed E-state index contributed by atoms with van der Waals surface area (Å²) in [5.41, 5.74) is 1.51. The highest BCUT2D eigenvalue weighted by Crippen LogP contribution is 2.29. The van der Waals surface area contributed by atoms with E-state index in [2.05, 4.69) is 34.4 Å². The lowest BCUT2D eigenvalue weighted by Crippen LogP contribution is -2.24. The molecule has 26 heavy (non-hydrogen) atoms. The number of hydrogen-bond acceptors (Lipinski definition) is 6. The molecular weight excluding hydrogens is 354 g/mol. The summed E-state index contributed by atoms with van der Waals surface area (Å²) in [6, 6.07) is 10.1. The van der Waals surface area contributed by atoms with E-state index in [0.29, 0.717) is 36.2 Å². The van der Waals surface area contributed by atoms with Crippen LogP contribution in [0.15, 0.2) is 41.1 Å². The zero-order valence-electron chi connectivity index (χ0n) is 15.2. The van der Waals surface area contributed by atoms with E-state index in [1.165, 1.54) is 0 Å². The number of rotatable bonds is 8. The fraction of sp³-hybridized carbons (Fsp3) is 0.389. The van der Waals surface area contributed by atoms with Gasteiger partial charge in [0, 0.05) is 12.5 Å². The molecule has 3 rings (SSSR count). The van der Waals surface area contributed by atoms with Crippen molar-refractivity contribution in [3.63, 3.8) is 0 Å². The van der Waals surface area contributed by atoms with Crippen molar-refractivity contribution in [1.82, 2.24) is 25.2 Å². The summed E-state index contributed by atoms with van der Waals surface area (Å²) in [7, 11) is 1.91. The Morgan fingerprint density at radius 2 is 2.04 bits per heavy atom. The maximum atomic E-state index is 5.83. The maximum Gasteiger partial charge on any atom is 0.282 e. The van der Waals surface area contributed by atoms with E-state index in [1.807, 2.05) is 43.6 Å². The Labute approximate surface area is 159 Å². The zero-order valence-corrected chi connectivity index (χ0v) is 16.0. The largest absolute Gasteiger partial charge is 0.489 e. The lowest BCUT2D eigenvalue weighted by Gasteiger charge is -2.04. The molecule has 2 aromatic heterocycles. The summed E-state index contributed by atoms with van der Waals surface area (Å²) in [4.78, 5) is 4.47. The molecule has 0 amide bonds. The first kappa shape index (κ1) is 19.9. The number of nitrogens with one attached hydrogen (secondary N) is 1. The molecule has 1 aromatic carbocycles. The second-order valence-corrected chi connectivity index (χ2v) is 5.88. The summed E-state index contributed by atoms with van der Waals surface area (Å²) in [5.74, 6) is 1.66. The standard InChI is InChI=1S/C18H23N5O2.ClH/c1-4-10-24-15-12-23(14-8-6-5-7-9-14)21-17(15)18-20-16(22-25-18)11-13(2)19-3;/h5-9,12-13,19H,4,10-11H2,1-3H3;1H. The minimum Gasteiger partial charge on any atom is -0.489 e. The van der Waals surface area contributed by atoms with Crippen LogP contribution < -0.4 is 10.1 Å². The smallest absolute Gasteiger partial charge is 0.282 e. The molecule has 0 radical (unpaired) electrons. The number of benzene rings is 1. The van der Waals surface area contributed by atoms with E-state index in [9.17, 15) is 0 Å². The molecular formula is C18H24ClN5O2. The Hall–Kier alpha value is -2.38. The third-order valence-corrected chi connectivity index (χ3v) is 3.82. The van der Waals surface area contributed by atoms with Crippen molar-refractivity contribution in [3.05, 3.63) is 42.4 Å². The van der Waals surface area contributed by atoms with Gasteiger partial charge in [0.25, 0.3) is 5.89 Å². The van der Waals surface area contributed by atoms with Gasteiger partial charge < -0.3 is 14.6 Å². The number of para-hydroxylation sites is 1. The summed E-state index contributed by atoms with van der Waals surface area (Å²) < 4.78 is 13.0. The third kappa shape index (κ3) is 4.62. The van der Waals surface area contributed by atoms with Gasteiger partial charge in [-0.1, -0.05) is 30.3 Å². The Morgan fingerprint density at radius 1 is 1.27 bits per heavy atom. The summed E-state index contributed by atoms with van der Waals surface area (Å²) in [6.07, 6.45) is 3.44. The van der Waals surface area contributed by atoms with E-state index >= 15 is 0 Å². The van der Waals surface area contributed by atoms with Gasteiger partial charge in [-0.2, -0.15) is 10.1 Å². The lowest BCUT2D eigenvalue weighted by molar-refractivity contribution is 0.317. The molecule has 1 atom stereocenters. The second kappa shape index (κ2) is 9.35. The van der Waals surface area contributed by atoms with Crippen LogP contribution in [0.2, 0.25) is 0 Å². The normalized spacial score (nSPS) is 11.8. The molecule has 0 bridgehead atoms. The van der Waals surface area contributed by atoms with Crippen LogP contribution in [0.1, 0.15) is 26.1 Å². The van der Waals surface area contributed by atoms with E-state index in [1.54, 1.807) is 4.68 Å². The van der Waals surface area contributed by atoms with Crippen molar-refractivity contribution in [3.8, 4) is 23.0 Å². The Morgan fingerprint density at radius 3 is 2.73 bits per heavy atom. The van der Waals surface area contributed by atoms with Crippen LogP contribution in [-0.4, -0.2) is 39.6 Å². The van der Waals surface area contributed by atoms with Gasteiger partial charge in [-0.05, 0) is 32.5 Å². The first-order valence-corrected chi connectivity index (χ1v) is 8.49. The summed E-state index contributed by atoms with van der Waals surface area (Å²) >= 11 is 0. The van der Waals surface area contributed by atoms with Gasteiger partial charge >= 0.3 is 0 Å². The molecule has 1 N–H and O–H groups in total. The SMILES string of the molecule is CCCOc1cn(-c2ccccc2)nc1-c1nc(CC(C)NC)no1.Cl. The Kier molecular flexibility index (Phi) is 7.17. The molecule has 0 spiro atoms. The number of nitrogens with zero attached hydrogens (tertiary/aromatic N) is 4. The van der Waals surface area contributed by atoms with Crippen molar-refractivity contribution >= 4 is 12.4 Å². The van der Waals surface area contributed by atoms with E-state index in [0.717, 1.165) is 12.1 Å². The molecule has 0 saturated heterocycles. The minimum absolute atomic E-state index is 0. The van der Waals surface area contributed by atoms with Crippen LogP contribution in [-0.2, 0) is 6.42 Å². The minimum atomic E-state index is 0. The molecule has 0 aliphatic carbocycles. The quantitative estimate of drug-likeness (QED) is 0.649. The highest BCUT2D eigenvalue weighted by atomic mass is 35.5. The van der Waals surface area contributed by atoms with Gasteiger partial charge in [-0.15, -0.1) is 12.4 Å². The van der Waals surface area contributed by atoms with Crippen molar-refractivity contribution in [2.24, 2.45) is 0 Å². The van der Waals surface area contributed by atoms with Gasteiger partial charge in [0.15, 0.2) is 17.3 Å². The Balaban J connectivity index is 0.00000243. The van der Waals surface area contributed by atoms with Crippen molar-refractivity contribution in [2.45, 2.75) is 32.7 Å². The zero-order chi connectivity index (χ0) is 17.6. The summed E-state index contributed by atoms with van der Waals surface area (Å²) in [5, 5.41) is 11.8. The Bertz CT molecular complexity index is 803. The predicted molar refractivity (Wildman–Crippen MR) is 102 cm³/mol. The van der Waals surface area contributed by atoms with Crippen LogP contribution in [0.25, 0.3) is 17.3 Å². The van der Waals surface area contributed by atoms with Gasteiger partial charge in [-0.3, -0.25) is 0 Å². The molecule has 140 valence electrons. The maximum absolute atomic E-state index is 5.83. The van der Waals surface area contributed by atoms with E-state index in [4.69, 9.17) is 9.26 Å². The molecule has 8 heteroatoms. The van der Waals surface area contributed by atoms with Crippen LogP contribution in [0.4, 0.5) is 0 Å². The first-order valence-electron chi connectivity index (χ1n) is 8.49. The highest BCUT2D eigenvalue weighted by molar-refractivity contribution is 5.85. The van der Waals surface area contributed by atoms with Crippen LogP contribution in [0.5, 0.6) is 5.75 Å². The molecule has 7 nitrogen and oxygen atoms in total. The van der Waals surface area contributed by atoms with E-state index < -0.39 is 0 Å². The van der Waals surface area contributed by atoms with Crippen molar-refractivity contribution in [2.75, 3.05) is 13.7 Å². The average Bonchev–Trinajstić information content (AvgIpc) is 3.27. The highest BCUT2D eigenvalue weighted by Gasteiger charge is 2.20. The molecule has 0 saturated carbocycles. The summed E-state index contributed by atoms with van der Waals surface area (Å²) in [6.45, 7) is 4.73. The molecule has 1 unspecified atom stereocenters. The van der Waals surface area contributed by atoms with Crippen molar-refractivity contribution < 1.29 is 9.26 Å². The van der Waals surface area contributed by atoms with Crippen LogP contribution in [0, 0.1) is 0 Å². The monoisotopic (exact) mass is 377 g/mol. The lowest BCUT2D eigenvalue weighted by atomic mass is 10.2. The van der Waals surface area contributed by atoms with Gasteiger partial charge in [-0.25, -0.2) is 4.68 Å². The number of ether oxygens (including phenoxy) is 1. The number of likely N-dealkylation sites (N-methyl/N-ethyl adjacent to an activating group) is 1. The second-order valence-electron chi connectivity index (χ2n) is 5.88. The molecule has 0 fully saturated rings. The molecule has 0 aliphatic rings. The van der Waals surface area contributed by atoms with Crippen LogP contribution in [0.3, 0.4) is 0 Å². The van der Waals surface area contributed by atoms with Crippen molar-refractivity contribution in [1.29, 1.82) is 0 Å². The molecule has 3 aromatic rings. The van der Waals surface area contributed by atoms with Gasteiger partial charge in [0.05, 0.1) is 18.5 Å². The topological polar surface area (TPSA) is 78.0 Å². The van der Waals surface area contributed by atoms with Crippen LogP contribution >= 0.6 is 12.4 Å². The average molecular weight is 378 g/mol. The molecule has 0 aliphatic heterocycles. The number of hydrogen-bond donors (Lipinski definition) is 1. The van der Waals surface area contributed by atoms with E-state index in [-0.39, 0.29) is 18.4 Å².